The predicted octanol–water partition coefficient (Wildman–Crippen LogP) is 2.20. The molecule has 1 aliphatic heterocycles. The van der Waals surface area contributed by atoms with Crippen LogP contribution in [0.4, 0.5) is 0 Å². The number of aromatic nitrogens is 1. The summed E-state index contributed by atoms with van der Waals surface area (Å²) in [5, 5.41) is 9.57. The number of thiazole rings is 1. The first-order valence-electron chi connectivity index (χ1n) is 7.74. The third kappa shape index (κ3) is 2.46. The molecule has 0 radical (unpaired) electrons. The van der Waals surface area contributed by atoms with E-state index in [-0.39, 0.29) is 11.4 Å². The third-order valence-corrected chi connectivity index (χ3v) is 5.78. The topological polar surface area (TPSA) is 67.2 Å². The van der Waals surface area contributed by atoms with Gasteiger partial charge < -0.3 is 15.1 Å². The average molecular weight is 317 g/mol. The molecule has 1 amide bonds. The molecule has 0 unspecified atom stereocenters. The zero-order valence-corrected chi connectivity index (χ0v) is 13.1. The first-order chi connectivity index (χ1) is 10.8. The van der Waals surface area contributed by atoms with Gasteiger partial charge in [-0.1, -0.05) is 6.42 Å². The highest BCUT2D eigenvalue weighted by Crippen LogP contribution is 2.38. The molecule has 116 valence electrons. The van der Waals surface area contributed by atoms with Crippen LogP contribution in [0.3, 0.4) is 0 Å². The molecule has 6 heteroatoms. The highest BCUT2D eigenvalue weighted by molar-refractivity contribution is 7.13. The normalized spacial score (nSPS) is 27.0. The summed E-state index contributed by atoms with van der Waals surface area (Å²) < 4.78 is 5.07. The van der Waals surface area contributed by atoms with Crippen molar-refractivity contribution in [2.45, 2.75) is 31.2 Å². The summed E-state index contributed by atoms with van der Waals surface area (Å²) in [5.74, 6) is 0.674. The van der Waals surface area contributed by atoms with Gasteiger partial charge in [-0.2, -0.15) is 0 Å². The molecule has 4 rings (SSSR count). The van der Waals surface area contributed by atoms with Gasteiger partial charge in [0.2, 0.25) is 5.91 Å². The molecular formula is C16H19N3O2S. The number of hydrogen-bond acceptors (Lipinski definition) is 5. The smallest absolute Gasteiger partial charge is 0.226 e. The summed E-state index contributed by atoms with van der Waals surface area (Å²) in [4.78, 5) is 16.9. The molecule has 0 spiro atoms. The van der Waals surface area contributed by atoms with Crippen molar-refractivity contribution in [3.05, 3.63) is 29.7 Å². The van der Waals surface area contributed by atoms with Gasteiger partial charge in [0.15, 0.2) is 0 Å². The maximum absolute atomic E-state index is 12.4. The average Bonchev–Trinajstić information content (AvgIpc) is 3.21. The minimum Gasteiger partial charge on any atom is -0.472 e. The zero-order valence-electron chi connectivity index (χ0n) is 12.3. The number of rotatable bonds is 4. The number of nitrogens with zero attached hydrogens (tertiary/aromatic N) is 1. The Morgan fingerprint density at radius 1 is 1.59 bits per heavy atom. The molecule has 2 aliphatic rings. The number of carbonyl (C=O) groups is 1. The van der Waals surface area contributed by atoms with E-state index >= 15 is 0 Å². The van der Waals surface area contributed by atoms with Gasteiger partial charge in [-0.15, -0.1) is 11.3 Å². The summed E-state index contributed by atoms with van der Waals surface area (Å²) in [6.45, 7) is 1.93. The monoisotopic (exact) mass is 317 g/mol. The van der Waals surface area contributed by atoms with E-state index in [1.54, 1.807) is 23.9 Å². The Balaban J connectivity index is 1.42. The second-order valence-corrected chi connectivity index (χ2v) is 7.12. The van der Waals surface area contributed by atoms with Gasteiger partial charge in [-0.05, 0) is 24.8 Å². The van der Waals surface area contributed by atoms with Crippen molar-refractivity contribution in [3.8, 4) is 10.6 Å². The van der Waals surface area contributed by atoms with Gasteiger partial charge in [0.1, 0.15) is 11.3 Å². The summed E-state index contributed by atoms with van der Waals surface area (Å²) in [5.41, 5.74) is 1.78. The van der Waals surface area contributed by atoms with Crippen LogP contribution in [0.1, 0.15) is 25.0 Å². The SMILES string of the molecule is O=C(Cc1csc(-c2ccoc2)n1)N[C@]12CCC[C@H]1CNC2. The molecule has 0 bridgehead atoms. The molecule has 22 heavy (non-hydrogen) atoms. The molecule has 2 atom stereocenters. The van der Waals surface area contributed by atoms with Crippen LogP contribution >= 0.6 is 11.3 Å². The Labute approximate surface area is 133 Å². The number of carbonyl (C=O) groups excluding carboxylic acids is 1. The lowest BCUT2D eigenvalue weighted by Gasteiger charge is -2.29. The third-order valence-electron chi connectivity index (χ3n) is 4.84. The molecule has 0 aromatic carbocycles. The highest BCUT2D eigenvalue weighted by Gasteiger charge is 2.47. The van der Waals surface area contributed by atoms with Gasteiger partial charge in [-0.25, -0.2) is 4.98 Å². The van der Waals surface area contributed by atoms with Crippen LogP contribution in [0.2, 0.25) is 0 Å². The van der Waals surface area contributed by atoms with E-state index in [0.29, 0.717) is 12.3 Å². The van der Waals surface area contributed by atoms with Crippen molar-refractivity contribution in [1.29, 1.82) is 0 Å². The van der Waals surface area contributed by atoms with Crippen LogP contribution in [0.25, 0.3) is 10.6 Å². The predicted molar refractivity (Wildman–Crippen MR) is 84.6 cm³/mol. The summed E-state index contributed by atoms with van der Waals surface area (Å²) >= 11 is 1.55. The number of hydrogen-bond donors (Lipinski definition) is 2. The number of nitrogens with one attached hydrogen (secondary N) is 2. The first kappa shape index (κ1) is 14.0. The Morgan fingerprint density at radius 2 is 2.55 bits per heavy atom. The molecule has 2 aromatic heterocycles. The van der Waals surface area contributed by atoms with Crippen LogP contribution in [0.15, 0.2) is 28.4 Å². The minimum absolute atomic E-state index is 0.0134. The molecule has 3 heterocycles. The van der Waals surface area contributed by atoms with E-state index in [1.807, 2.05) is 11.4 Å². The largest absolute Gasteiger partial charge is 0.472 e. The van der Waals surface area contributed by atoms with E-state index in [1.165, 1.54) is 12.8 Å². The van der Waals surface area contributed by atoms with Gasteiger partial charge in [-0.3, -0.25) is 4.79 Å². The lowest BCUT2D eigenvalue weighted by Crippen LogP contribution is -2.52. The van der Waals surface area contributed by atoms with Crippen LogP contribution in [0.5, 0.6) is 0 Å². The fraction of sp³-hybridized carbons (Fsp3) is 0.500. The van der Waals surface area contributed by atoms with Crippen molar-refractivity contribution < 1.29 is 9.21 Å². The van der Waals surface area contributed by atoms with E-state index in [2.05, 4.69) is 15.6 Å². The van der Waals surface area contributed by atoms with Crippen molar-refractivity contribution >= 4 is 17.2 Å². The number of furan rings is 1. The van der Waals surface area contributed by atoms with Crippen molar-refractivity contribution in [1.82, 2.24) is 15.6 Å². The van der Waals surface area contributed by atoms with Gasteiger partial charge in [0.25, 0.3) is 0 Å². The Morgan fingerprint density at radius 3 is 3.41 bits per heavy atom. The van der Waals surface area contributed by atoms with Gasteiger partial charge in [0.05, 0.1) is 23.9 Å². The highest BCUT2D eigenvalue weighted by atomic mass is 32.1. The molecule has 1 saturated heterocycles. The second kappa shape index (κ2) is 5.52. The van der Waals surface area contributed by atoms with Crippen molar-refractivity contribution in [2.24, 2.45) is 5.92 Å². The van der Waals surface area contributed by atoms with Crippen molar-refractivity contribution in [2.75, 3.05) is 13.1 Å². The van der Waals surface area contributed by atoms with Gasteiger partial charge in [0, 0.05) is 24.0 Å². The molecule has 2 N–H and O–H groups in total. The maximum Gasteiger partial charge on any atom is 0.226 e. The fourth-order valence-electron chi connectivity index (χ4n) is 3.75. The molecule has 2 aromatic rings. The van der Waals surface area contributed by atoms with Crippen molar-refractivity contribution in [3.63, 3.8) is 0 Å². The van der Waals surface area contributed by atoms with E-state index in [4.69, 9.17) is 4.42 Å². The molecule has 5 nitrogen and oxygen atoms in total. The Kier molecular flexibility index (Phi) is 3.50. The number of fused-ring (bicyclic) bond motifs is 1. The first-order valence-corrected chi connectivity index (χ1v) is 8.62. The quantitative estimate of drug-likeness (QED) is 0.907. The molecule has 1 saturated carbocycles. The van der Waals surface area contributed by atoms with Crippen LogP contribution in [-0.2, 0) is 11.2 Å². The Hall–Kier alpha value is -1.66. The molecule has 2 fully saturated rings. The maximum atomic E-state index is 12.4. The summed E-state index contributed by atoms with van der Waals surface area (Å²) in [7, 11) is 0. The second-order valence-electron chi connectivity index (χ2n) is 6.26. The standard InChI is InChI=1S/C16H19N3O2S/c20-14(19-16-4-1-2-12(16)7-17-10-16)6-13-9-22-15(18-13)11-3-5-21-8-11/h3,5,8-9,12,17H,1-2,4,6-7,10H2,(H,19,20)/t12-,16-/m0/s1. The van der Waals surface area contributed by atoms with E-state index < -0.39 is 0 Å². The van der Waals surface area contributed by atoms with Crippen LogP contribution < -0.4 is 10.6 Å². The minimum atomic E-state index is -0.0134. The molecule has 1 aliphatic carbocycles. The fourth-order valence-corrected chi connectivity index (χ4v) is 4.55. The lowest BCUT2D eigenvalue weighted by molar-refractivity contribution is -0.122. The molecular weight excluding hydrogens is 298 g/mol. The van der Waals surface area contributed by atoms with Crippen LogP contribution in [0, 0.1) is 5.92 Å². The van der Waals surface area contributed by atoms with Crippen LogP contribution in [-0.4, -0.2) is 29.5 Å². The Bertz CT molecular complexity index is 655. The van der Waals surface area contributed by atoms with E-state index in [0.717, 1.165) is 35.8 Å². The number of amides is 1. The summed E-state index contributed by atoms with van der Waals surface area (Å²) in [6, 6.07) is 1.88. The van der Waals surface area contributed by atoms with Gasteiger partial charge >= 0.3 is 0 Å². The summed E-state index contributed by atoms with van der Waals surface area (Å²) in [6.07, 6.45) is 7.18. The lowest BCUT2D eigenvalue weighted by atomic mass is 9.90. The van der Waals surface area contributed by atoms with E-state index in [9.17, 15) is 4.79 Å². The zero-order chi connectivity index (χ0) is 15.0.